The Balaban J connectivity index is 0.00000231. The fourth-order valence-electron chi connectivity index (χ4n) is 3.77. The van der Waals surface area contributed by atoms with Crippen LogP contribution >= 0.6 is 24.0 Å². The van der Waals surface area contributed by atoms with Crippen LogP contribution in [0.1, 0.15) is 30.4 Å². The molecule has 2 aliphatic rings. The fourth-order valence-corrected chi connectivity index (χ4v) is 3.91. The van der Waals surface area contributed by atoms with Crippen LogP contribution in [0.25, 0.3) is 0 Å². The zero-order valence-corrected chi connectivity index (χ0v) is 18.4. The van der Waals surface area contributed by atoms with E-state index in [1.807, 2.05) is 24.3 Å². The molecule has 1 aromatic heterocycles. The van der Waals surface area contributed by atoms with Crippen LogP contribution in [0, 0.1) is 5.92 Å². The Labute approximate surface area is 192 Å². The maximum absolute atomic E-state index is 12.5. The highest BCUT2D eigenvalue weighted by molar-refractivity contribution is 6.32. The van der Waals surface area contributed by atoms with E-state index in [1.165, 1.54) is 5.56 Å². The fraction of sp³-hybridized carbons (Fsp3) is 0.261. The summed E-state index contributed by atoms with van der Waals surface area (Å²) < 4.78 is 0. The van der Waals surface area contributed by atoms with Gasteiger partial charge in [0, 0.05) is 23.0 Å². The highest BCUT2D eigenvalue weighted by Gasteiger charge is 2.25. The second-order valence-electron chi connectivity index (χ2n) is 7.83. The van der Waals surface area contributed by atoms with E-state index >= 15 is 0 Å². The smallest absolute Gasteiger partial charge is 0.229 e. The largest absolute Gasteiger partial charge is 0.339 e. The van der Waals surface area contributed by atoms with Crippen LogP contribution in [-0.2, 0) is 17.6 Å². The van der Waals surface area contributed by atoms with Crippen LogP contribution in [0.4, 0.5) is 28.8 Å². The minimum Gasteiger partial charge on any atom is -0.339 e. The van der Waals surface area contributed by atoms with Crippen LogP contribution in [0.15, 0.2) is 48.7 Å². The number of hydrogen-bond donors (Lipinski definition) is 3. The monoisotopic (exact) mass is 455 g/mol. The Morgan fingerprint density at radius 2 is 1.90 bits per heavy atom. The van der Waals surface area contributed by atoms with Crippen LogP contribution in [0.5, 0.6) is 0 Å². The highest BCUT2D eigenvalue weighted by atomic mass is 35.5. The topological polar surface area (TPSA) is 78.9 Å². The van der Waals surface area contributed by atoms with Crippen LogP contribution < -0.4 is 16.0 Å². The predicted octanol–water partition coefficient (Wildman–Crippen LogP) is 5.88. The van der Waals surface area contributed by atoms with E-state index in [1.54, 1.807) is 6.20 Å². The molecule has 0 saturated heterocycles. The van der Waals surface area contributed by atoms with Gasteiger partial charge in [-0.15, -0.1) is 12.4 Å². The Bertz CT molecular complexity index is 1120. The minimum absolute atomic E-state index is 0. The number of fused-ring (bicyclic) bond motifs is 6. The van der Waals surface area contributed by atoms with Crippen molar-refractivity contribution in [2.24, 2.45) is 5.92 Å². The number of halogens is 2. The summed E-state index contributed by atoms with van der Waals surface area (Å²) in [7, 11) is 0. The Kier molecular flexibility index (Phi) is 6.30. The normalized spacial score (nSPS) is 14.9. The van der Waals surface area contributed by atoms with Crippen molar-refractivity contribution in [3.63, 3.8) is 0 Å². The molecule has 6 nitrogen and oxygen atoms in total. The summed E-state index contributed by atoms with van der Waals surface area (Å²) in [6.07, 6.45) is 6.34. The van der Waals surface area contributed by atoms with E-state index in [2.05, 4.69) is 44.1 Å². The maximum Gasteiger partial charge on any atom is 0.229 e. The molecule has 3 N–H and O–H groups in total. The number of hydrogen-bond acceptors (Lipinski definition) is 5. The van der Waals surface area contributed by atoms with Gasteiger partial charge in [-0.2, -0.15) is 4.98 Å². The number of nitrogens with one attached hydrogen (secondary N) is 3. The van der Waals surface area contributed by atoms with Gasteiger partial charge in [-0.05, 0) is 67.1 Å². The van der Waals surface area contributed by atoms with Crippen molar-refractivity contribution < 1.29 is 4.79 Å². The molecule has 0 unspecified atom stereocenters. The number of benzene rings is 2. The molecule has 31 heavy (non-hydrogen) atoms. The first-order valence-corrected chi connectivity index (χ1v) is 10.6. The number of amides is 1. The average Bonchev–Trinajstić information content (AvgIpc) is 2.69. The van der Waals surface area contributed by atoms with E-state index in [0.717, 1.165) is 54.7 Å². The number of carbonyl (C=O) groups excluding carboxylic acids is 1. The summed E-state index contributed by atoms with van der Waals surface area (Å²) in [5.41, 5.74) is 4.93. The Morgan fingerprint density at radius 1 is 1.06 bits per heavy atom. The second kappa shape index (κ2) is 9.12. The third kappa shape index (κ3) is 4.75. The summed E-state index contributed by atoms with van der Waals surface area (Å²) in [4.78, 5) is 21.3. The predicted molar refractivity (Wildman–Crippen MR) is 127 cm³/mol. The summed E-state index contributed by atoms with van der Waals surface area (Å²) in [5, 5.41) is 10.1. The lowest BCUT2D eigenvalue weighted by atomic mass is 9.84. The highest BCUT2D eigenvalue weighted by Crippen LogP contribution is 2.31. The molecule has 160 valence electrons. The number of aryl methyl sites for hydroxylation is 2. The van der Waals surface area contributed by atoms with Crippen molar-refractivity contribution in [1.82, 2.24) is 9.97 Å². The minimum atomic E-state index is 0. The first kappa shape index (κ1) is 21.4. The van der Waals surface area contributed by atoms with Crippen molar-refractivity contribution in [3.05, 3.63) is 64.8 Å². The zero-order valence-electron chi connectivity index (χ0n) is 16.8. The van der Waals surface area contributed by atoms with Gasteiger partial charge in [0.2, 0.25) is 11.9 Å². The molecular formula is C23H23Cl2N5O. The quantitative estimate of drug-likeness (QED) is 0.449. The van der Waals surface area contributed by atoms with Crippen molar-refractivity contribution >= 4 is 58.7 Å². The lowest BCUT2D eigenvalue weighted by molar-refractivity contribution is -0.122. The van der Waals surface area contributed by atoms with E-state index in [-0.39, 0.29) is 24.2 Å². The lowest BCUT2D eigenvalue weighted by Gasteiger charge is -2.25. The van der Waals surface area contributed by atoms with Crippen molar-refractivity contribution in [2.45, 2.75) is 32.1 Å². The first-order valence-electron chi connectivity index (χ1n) is 10.2. The standard InChI is InChI=1S/C23H22ClN5O.ClH/c24-19-13-25-23-27-17-6-1-3-14(11-17)7-8-16-12-18(26-21(19)29-23)9-10-20(16)28-22(30)15-4-2-5-15;/h1,3,6,9-13,15H,2,4-5,7-8H2,(H,28,30)(H2,25,26,27,29);1H. The SMILES string of the molecule is Cl.O=C(Nc1ccc2cc1CCc1cccc(c1)Nc1ncc(Cl)c(n1)N2)C1CCC1. The number of aromatic nitrogens is 2. The van der Waals surface area contributed by atoms with Gasteiger partial charge < -0.3 is 16.0 Å². The van der Waals surface area contributed by atoms with Gasteiger partial charge in [-0.25, -0.2) is 4.98 Å². The van der Waals surface area contributed by atoms with Crippen LogP contribution in [0.3, 0.4) is 0 Å². The van der Waals surface area contributed by atoms with E-state index in [4.69, 9.17) is 11.6 Å². The number of rotatable bonds is 2. The van der Waals surface area contributed by atoms with Gasteiger partial charge in [0.15, 0.2) is 5.82 Å². The molecule has 1 saturated carbocycles. The summed E-state index contributed by atoms with van der Waals surface area (Å²) in [5.74, 6) is 1.27. The van der Waals surface area contributed by atoms with Crippen molar-refractivity contribution in [1.29, 1.82) is 0 Å². The van der Waals surface area contributed by atoms with Gasteiger partial charge in [0.1, 0.15) is 5.02 Å². The van der Waals surface area contributed by atoms with E-state index < -0.39 is 0 Å². The molecule has 6 bridgehead atoms. The number of carbonyl (C=O) groups is 1. The van der Waals surface area contributed by atoms with Gasteiger partial charge in [-0.1, -0.05) is 30.2 Å². The van der Waals surface area contributed by atoms with E-state index in [0.29, 0.717) is 16.8 Å². The molecule has 0 atom stereocenters. The average molecular weight is 456 g/mol. The summed E-state index contributed by atoms with van der Waals surface area (Å²) in [6, 6.07) is 14.2. The summed E-state index contributed by atoms with van der Waals surface area (Å²) >= 11 is 6.32. The molecule has 5 rings (SSSR count). The molecule has 2 heterocycles. The Morgan fingerprint density at radius 3 is 2.71 bits per heavy atom. The molecular weight excluding hydrogens is 433 g/mol. The number of nitrogens with zero attached hydrogens (tertiary/aromatic N) is 2. The van der Waals surface area contributed by atoms with Gasteiger partial charge in [0.25, 0.3) is 0 Å². The van der Waals surface area contributed by atoms with Gasteiger partial charge >= 0.3 is 0 Å². The molecule has 8 heteroatoms. The van der Waals surface area contributed by atoms with Crippen LogP contribution in [0.2, 0.25) is 5.02 Å². The van der Waals surface area contributed by atoms with Gasteiger partial charge in [0.05, 0.1) is 6.20 Å². The molecule has 0 radical (unpaired) electrons. The lowest BCUT2D eigenvalue weighted by Crippen LogP contribution is -2.28. The Hall–Kier alpha value is -2.83. The third-order valence-corrected chi connectivity index (χ3v) is 5.99. The second-order valence-corrected chi connectivity index (χ2v) is 8.24. The molecule has 2 aromatic carbocycles. The van der Waals surface area contributed by atoms with E-state index in [9.17, 15) is 4.79 Å². The molecule has 3 aromatic rings. The molecule has 1 amide bonds. The summed E-state index contributed by atoms with van der Waals surface area (Å²) in [6.45, 7) is 0. The van der Waals surface area contributed by atoms with Gasteiger partial charge in [-0.3, -0.25) is 4.79 Å². The molecule has 1 fully saturated rings. The molecule has 1 aliphatic heterocycles. The molecule has 0 spiro atoms. The number of anilines is 5. The first-order chi connectivity index (χ1) is 14.6. The van der Waals surface area contributed by atoms with Crippen LogP contribution in [-0.4, -0.2) is 15.9 Å². The molecule has 1 aliphatic carbocycles. The van der Waals surface area contributed by atoms with Crippen molar-refractivity contribution in [2.75, 3.05) is 16.0 Å². The third-order valence-electron chi connectivity index (χ3n) is 5.71. The zero-order chi connectivity index (χ0) is 20.5. The maximum atomic E-state index is 12.5. The van der Waals surface area contributed by atoms with Crippen molar-refractivity contribution in [3.8, 4) is 0 Å².